The Hall–Kier alpha value is -1.72. The van der Waals surface area contributed by atoms with Gasteiger partial charge >= 0.3 is 0 Å². The van der Waals surface area contributed by atoms with Crippen LogP contribution in [0.4, 0.5) is 0 Å². The molecule has 1 saturated carbocycles. The highest BCUT2D eigenvalue weighted by Crippen LogP contribution is 2.75. The van der Waals surface area contributed by atoms with E-state index in [4.69, 9.17) is 0 Å². The number of nitrogens with one attached hydrogen (secondary N) is 2. The van der Waals surface area contributed by atoms with Crippen LogP contribution in [0, 0.1) is 0 Å². The standard InChI is InChI=1S/C29H38N4/c1-7-15-32(16-8-1)19-30-27-25-21-11-3-5-13-23(21)29(25)24-14-6-4-12-22(24)26(29)28(27)31-20-33-17-9-2-10-18-33/h3-6,11-14,25-28,30-31H,1-2,7-10,15-20H2/t25?,26?,27-,28-,29?/m1/s1. The molecule has 2 heterocycles. The van der Waals surface area contributed by atoms with Gasteiger partial charge in [-0.1, -0.05) is 61.4 Å². The smallest absolute Gasteiger partial charge is 0.0483 e. The zero-order valence-electron chi connectivity index (χ0n) is 19.8. The first-order chi connectivity index (χ1) is 16.4. The van der Waals surface area contributed by atoms with Crippen LogP contribution in [0.2, 0.25) is 0 Å². The van der Waals surface area contributed by atoms with Crippen molar-refractivity contribution < 1.29 is 0 Å². The van der Waals surface area contributed by atoms with Gasteiger partial charge in [-0.2, -0.15) is 0 Å². The predicted octanol–water partition coefficient (Wildman–Crippen LogP) is 3.98. The fourth-order valence-corrected chi connectivity index (χ4v) is 8.20. The van der Waals surface area contributed by atoms with E-state index in [9.17, 15) is 0 Å². The van der Waals surface area contributed by atoms with Gasteiger partial charge in [-0.05, 0) is 74.1 Å². The molecule has 2 aromatic carbocycles. The number of likely N-dealkylation sites (tertiary alicyclic amines) is 2. The molecule has 7 rings (SSSR count). The highest BCUT2D eigenvalue weighted by Gasteiger charge is 2.73. The molecule has 4 heteroatoms. The van der Waals surface area contributed by atoms with E-state index in [1.165, 1.54) is 64.7 Å². The van der Waals surface area contributed by atoms with Crippen molar-refractivity contribution in [2.75, 3.05) is 39.5 Å². The molecule has 0 aromatic heterocycles. The lowest BCUT2D eigenvalue weighted by atomic mass is 9.43. The molecule has 4 nitrogen and oxygen atoms in total. The van der Waals surface area contributed by atoms with Gasteiger partial charge in [0.1, 0.15) is 0 Å². The third-order valence-electron chi connectivity index (χ3n) is 9.57. The molecule has 4 atom stereocenters. The minimum atomic E-state index is 0.215. The number of benzene rings is 2. The van der Waals surface area contributed by atoms with Crippen molar-refractivity contribution in [3.05, 3.63) is 70.8 Å². The Morgan fingerprint density at radius 2 is 1.03 bits per heavy atom. The molecule has 5 aliphatic rings. The third kappa shape index (κ3) is 2.97. The number of fused-ring (bicyclic) bond motifs is 4. The maximum absolute atomic E-state index is 4.14. The van der Waals surface area contributed by atoms with Gasteiger partial charge in [-0.15, -0.1) is 0 Å². The second-order valence-electron chi connectivity index (χ2n) is 11.1. The van der Waals surface area contributed by atoms with Gasteiger partial charge in [0.05, 0.1) is 0 Å². The average molecular weight is 443 g/mol. The molecule has 0 amide bonds. The third-order valence-corrected chi connectivity index (χ3v) is 9.57. The van der Waals surface area contributed by atoms with Crippen LogP contribution in [-0.2, 0) is 5.41 Å². The summed E-state index contributed by atoms with van der Waals surface area (Å²) in [6, 6.07) is 19.6. The summed E-state index contributed by atoms with van der Waals surface area (Å²) in [4.78, 5) is 5.30. The average Bonchev–Trinajstić information content (AvgIpc) is 3.07. The lowest BCUT2D eigenvalue weighted by Crippen LogP contribution is -2.54. The van der Waals surface area contributed by atoms with Crippen LogP contribution < -0.4 is 10.6 Å². The van der Waals surface area contributed by atoms with Gasteiger partial charge < -0.3 is 0 Å². The molecule has 3 fully saturated rings. The van der Waals surface area contributed by atoms with Gasteiger partial charge in [-0.3, -0.25) is 20.4 Å². The number of hydrogen-bond donors (Lipinski definition) is 2. The monoisotopic (exact) mass is 442 g/mol. The summed E-state index contributed by atoms with van der Waals surface area (Å²) in [6.07, 6.45) is 8.22. The lowest BCUT2D eigenvalue weighted by molar-refractivity contribution is 0.176. The van der Waals surface area contributed by atoms with Crippen LogP contribution in [0.3, 0.4) is 0 Å². The zero-order chi connectivity index (χ0) is 21.8. The van der Waals surface area contributed by atoms with Crippen molar-refractivity contribution in [3.63, 3.8) is 0 Å². The summed E-state index contributed by atoms with van der Waals surface area (Å²) in [5, 5.41) is 8.27. The van der Waals surface area contributed by atoms with Gasteiger partial charge in [0.25, 0.3) is 0 Å². The minimum absolute atomic E-state index is 0.215. The van der Waals surface area contributed by atoms with Crippen LogP contribution in [0.1, 0.15) is 72.6 Å². The molecule has 0 radical (unpaired) electrons. The van der Waals surface area contributed by atoms with E-state index in [-0.39, 0.29) is 5.41 Å². The Morgan fingerprint density at radius 1 is 0.606 bits per heavy atom. The molecule has 0 bridgehead atoms. The molecule has 2 unspecified atom stereocenters. The quantitative estimate of drug-likeness (QED) is 0.708. The highest BCUT2D eigenvalue weighted by atomic mass is 15.3. The number of nitrogens with zero attached hydrogens (tertiary/aromatic N) is 2. The SMILES string of the molecule is c1ccc2c(c1)C1[C@@H](NCN3CCCCC3)[C@H](NCN3CCCCC3)C3c4ccccc4C213. The zero-order valence-corrected chi connectivity index (χ0v) is 19.8. The van der Waals surface area contributed by atoms with Crippen molar-refractivity contribution in [1.82, 2.24) is 20.4 Å². The Balaban J connectivity index is 1.22. The maximum Gasteiger partial charge on any atom is 0.0483 e. The van der Waals surface area contributed by atoms with E-state index in [1.807, 2.05) is 0 Å². The van der Waals surface area contributed by atoms with E-state index < -0.39 is 0 Å². The number of hydrogen-bond acceptors (Lipinski definition) is 4. The molecular weight excluding hydrogens is 404 g/mol. The van der Waals surface area contributed by atoms with Crippen molar-refractivity contribution >= 4 is 0 Å². The van der Waals surface area contributed by atoms with E-state index in [0.29, 0.717) is 23.9 Å². The van der Waals surface area contributed by atoms with E-state index in [0.717, 1.165) is 13.3 Å². The molecule has 174 valence electrons. The topological polar surface area (TPSA) is 30.5 Å². The highest BCUT2D eigenvalue weighted by molar-refractivity contribution is 5.72. The summed E-state index contributed by atoms with van der Waals surface area (Å²) < 4.78 is 0. The van der Waals surface area contributed by atoms with Crippen molar-refractivity contribution in [2.45, 2.75) is 67.9 Å². The summed E-state index contributed by atoms with van der Waals surface area (Å²) in [7, 11) is 0. The molecule has 2 aromatic rings. The minimum Gasteiger partial charge on any atom is -0.299 e. The molecular formula is C29H38N4. The Bertz CT molecular complexity index is 925. The van der Waals surface area contributed by atoms with Gasteiger partial charge in [-0.25, -0.2) is 0 Å². The van der Waals surface area contributed by atoms with Crippen LogP contribution >= 0.6 is 0 Å². The molecule has 2 N–H and O–H groups in total. The predicted molar refractivity (Wildman–Crippen MR) is 134 cm³/mol. The van der Waals surface area contributed by atoms with Crippen LogP contribution in [0.25, 0.3) is 0 Å². The van der Waals surface area contributed by atoms with E-state index in [2.05, 4.69) is 69.0 Å². The normalized spacial score (nSPS) is 35.0. The molecule has 3 aliphatic carbocycles. The largest absolute Gasteiger partial charge is 0.299 e. The Morgan fingerprint density at radius 3 is 1.48 bits per heavy atom. The Kier molecular flexibility index (Phi) is 5.13. The summed E-state index contributed by atoms with van der Waals surface area (Å²) >= 11 is 0. The van der Waals surface area contributed by atoms with Gasteiger partial charge in [0.15, 0.2) is 0 Å². The first-order valence-corrected chi connectivity index (χ1v) is 13.5. The summed E-state index contributed by atoms with van der Waals surface area (Å²) in [6.45, 7) is 7.07. The fourth-order valence-electron chi connectivity index (χ4n) is 8.20. The lowest BCUT2D eigenvalue weighted by Gasteiger charge is -2.59. The maximum atomic E-state index is 4.14. The first-order valence-electron chi connectivity index (χ1n) is 13.5. The number of rotatable bonds is 6. The van der Waals surface area contributed by atoms with Crippen molar-refractivity contribution in [3.8, 4) is 0 Å². The molecule has 33 heavy (non-hydrogen) atoms. The van der Waals surface area contributed by atoms with Gasteiger partial charge in [0.2, 0.25) is 0 Å². The van der Waals surface area contributed by atoms with Crippen LogP contribution in [0.15, 0.2) is 48.5 Å². The second-order valence-corrected chi connectivity index (χ2v) is 11.1. The molecule has 1 spiro atoms. The molecule has 2 saturated heterocycles. The summed E-state index contributed by atoms with van der Waals surface area (Å²) in [5.74, 6) is 1.16. The van der Waals surface area contributed by atoms with Gasteiger partial charge in [0, 0.05) is 42.7 Å². The number of piperidine rings is 2. The van der Waals surface area contributed by atoms with E-state index >= 15 is 0 Å². The van der Waals surface area contributed by atoms with Crippen LogP contribution in [-0.4, -0.2) is 61.4 Å². The van der Waals surface area contributed by atoms with Crippen molar-refractivity contribution in [2.24, 2.45) is 0 Å². The van der Waals surface area contributed by atoms with Crippen LogP contribution in [0.5, 0.6) is 0 Å². The molecule has 2 aliphatic heterocycles. The second kappa shape index (κ2) is 8.20. The van der Waals surface area contributed by atoms with Crippen molar-refractivity contribution in [1.29, 1.82) is 0 Å². The Labute approximate surface area is 198 Å². The summed E-state index contributed by atoms with van der Waals surface area (Å²) in [5.41, 5.74) is 6.61. The fraction of sp³-hybridized carbons (Fsp3) is 0.586. The first kappa shape index (κ1) is 20.6. The van der Waals surface area contributed by atoms with E-state index in [1.54, 1.807) is 22.3 Å².